The summed E-state index contributed by atoms with van der Waals surface area (Å²) in [4.78, 5) is 17.8. The molecule has 0 spiro atoms. The number of nitrogens with one attached hydrogen (secondary N) is 1. The van der Waals surface area contributed by atoms with Crippen molar-refractivity contribution in [2.45, 2.75) is 38.9 Å². The van der Waals surface area contributed by atoms with Gasteiger partial charge in [0.2, 0.25) is 0 Å². The molecule has 2 aromatic heterocycles. The monoisotopic (exact) mass is 348 g/mol. The number of aromatic nitrogens is 1. The van der Waals surface area contributed by atoms with Crippen molar-refractivity contribution >= 4 is 28.6 Å². The number of thiazole rings is 1. The van der Waals surface area contributed by atoms with E-state index < -0.39 is 24.5 Å². The van der Waals surface area contributed by atoms with E-state index in [0.29, 0.717) is 15.6 Å². The molecule has 0 saturated heterocycles. The van der Waals surface area contributed by atoms with Gasteiger partial charge >= 0.3 is 6.18 Å². The number of amides is 1. The van der Waals surface area contributed by atoms with E-state index in [1.165, 1.54) is 22.7 Å². The number of rotatable bonds is 5. The Morgan fingerprint density at radius 2 is 2.18 bits per heavy atom. The molecule has 0 unspecified atom stereocenters. The van der Waals surface area contributed by atoms with E-state index in [0.717, 1.165) is 4.88 Å². The van der Waals surface area contributed by atoms with Crippen molar-refractivity contribution in [1.29, 1.82) is 0 Å². The topological polar surface area (TPSA) is 42.0 Å². The molecule has 0 aliphatic rings. The van der Waals surface area contributed by atoms with Gasteiger partial charge in [0, 0.05) is 6.04 Å². The molecule has 0 aliphatic heterocycles. The summed E-state index contributed by atoms with van der Waals surface area (Å²) in [5, 5.41) is 5.07. The van der Waals surface area contributed by atoms with Crippen molar-refractivity contribution in [1.82, 2.24) is 10.3 Å². The van der Waals surface area contributed by atoms with Crippen LogP contribution in [-0.4, -0.2) is 23.1 Å². The van der Waals surface area contributed by atoms with Gasteiger partial charge in [0.05, 0.1) is 17.0 Å². The lowest BCUT2D eigenvalue weighted by Crippen LogP contribution is -2.37. The normalized spacial score (nSPS) is 13.1. The summed E-state index contributed by atoms with van der Waals surface area (Å²) in [6.07, 6.45) is -5.09. The summed E-state index contributed by atoms with van der Waals surface area (Å²) >= 11 is 2.71. The number of alkyl halides is 3. The van der Waals surface area contributed by atoms with Gasteiger partial charge in [-0.05, 0) is 24.8 Å². The fourth-order valence-electron chi connectivity index (χ4n) is 1.94. The number of aryl methyl sites for hydroxylation is 1. The average molecular weight is 348 g/mol. The first-order valence-corrected chi connectivity index (χ1v) is 8.38. The maximum atomic E-state index is 12.5. The summed E-state index contributed by atoms with van der Waals surface area (Å²) in [5.74, 6) is -0.492. The van der Waals surface area contributed by atoms with E-state index in [4.69, 9.17) is 0 Å². The molecule has 2 aromatic rings. The number of thiophene rings is 1. The van der Waals surface area contributed by atoms with E-state index in [2.05, 4.69) is 10.3 Å². The van der Waals surface area contributed by atoms with E-state index in [1.54, 1.807) is 13.8 Å². The zero-order chi connectivity index (χ0) is 16.3. The van der Waals surface area contributed by atoms with E-state index in [1.807, 2.05) is 17.5 Å². The third-order valence-electron chi connectivity index (χ3n) is 3.04. The Kier molecular flexibility index (Phi) is 5.23. The van der Waals surface area contributed by atoms with Crippen LogP contribution in [0, 0.1) is 6.92 Å². The Morgan fingerprint density at radius 1 is 1.45 bits per heavy atom. The predicted molar refractivity (Wildman–Crippen MR) is 82.4 cm³/mol. The molecule has 1 N–H and O–H groups in total. The summed E-state index contributed by atoms with van der Waals surface area (Å²) in [6, 6.07) is 2.86. The molecule has 2 heterocycles. The van der Waals surface area contributed by atoms with Gasteiger partial charge in [-0.1, -0.05) is 13.0 Å². The number of carbonyl (C=O) groups is 1. The largest absolute Gasteiger partial charge is 0.391 e. The van der Waals surface area contributed by atoms with Crippen molar-refractivity contribution in [3.05, 3.63) is 28.1 Å². The second kappa shape index (κ2) is 6.78. The van der Waals surface area contributed by atoms with Crippen LogP contribution in [0.25, 0.3) is 9.88 Å². The number of halogens is 3. The highest BCUT2D eigenvalue weighted by atomic mass is 32.1. The van der Waals surface area contributed by atoms with E-state index >= 15 is 0 Å². The minimum atomic E-state index is -4.29. The average Bonchev–Trinajstić information content (AvgIpc) is 3.04. The molecule has 0 saturated carbocycles. The van der Waals surface area contributed by atoms with Gasteiger partial charge < -0.3 is 5.32 Å². The smallest absolute Gasteiger partial charge is 0.348 e. The van der Waals surface area contributed by atoms with Crippen LogP contribution >= 0.6 is 22.7 Å². The van der Waals surface area contributed by atoms with Gasteiger partial charge in [-0.2, -0.15) is 13.2 Å². The number of hydrogen-bond acceptors (Lipinski definition) is 4. The van der Waals surface area contributed by atoms with Gasteiger partial charge in [0.15, 0.2) is 0 Å². The Labute approximate surface area is 134 Å². The maximum Gasteiger partial charge on any atom is 0.391 e. The fourth-order valence-corrected chi connectivity index (χ4v) is 3.71. The Hall–Kier alpha value is -1.41. The molecular weight excluding hydrogens is 333 g/mol. The van der Waals surface area contributed by atoms with Gasteiger partial charge in [0.25, 0.3) is 5.91 Å². The van der Waals surface area contributed by atoms with Crippen molar-refractivity contribution in [2.24, 2.45) is 0 Å². The van der Waals surface area contributed by atoms with Gasteiger partial charge in [-0.15, -0.1) is 22.7 Å². The molecular formula is C14H15F3N2OS2. The Morgan fingerprint density at radius 3 is 2.73 bits per heavy atom. The molecule has 120 valence electrons. The minimum absolute atomic E-state index is 0.223. The predicted octanol–water partition coefficient (Wildman–Crippen LogP) is 4.64. The SMILES string of the molecule is CC[C@H](CC(F)(F)F)NC(=O)c1sc(-c2cccs2)nc1C. The molecule has 2 rings (SSSR count). The molecule has 1 amide bonds. The molecule has 8 heteroatoms. The highest BCUT2D eigenvalue weighted by Gasteiger charge is 2.32. The van der Waals surface area contributed by atoms with Gasteiger partial charge in [-0.3, -0.25) is 4.79 Å². The quantitative estimate of drug-likeness (QED) is 0.855. The van der Waals surface area contributed by atoms with Crippen LogP contribution in [0.1, 0.15) is 35.1 Å². The standard InChI is InChI=1S/C14H15F3N2OS2/c1-3-9(7-14(15,16)17)19-12(20)11-8(2)18-13(22-11)10-5-4-6-21-10/h4-6,9H,3,7H2,1-2H3,(H,19,20)/t9-/m1/s1. The van der Waals surface area contributed by atoms with E-state index in [9.17, 15) is 18.0 Å². The maximum absolute atomic E-state index is 12.5. The summed E-state index contributed by atoms with van der Waals surface area (Å²) in [6.45, 7) is 3.31. The van der Waals surface area contributed by atoms with Crippen molar-refractivity contribution in [3.63, 3.8) is 0 Å². The molecule has 0 aliphatic carbocycles. The molecule has 0 radical (unpaired) electrons. The number of nitrogens with zero attached hydrogens (tertiary/aromatic N) is 1. The highest BCUT2D eigenvalue weighted by molar-refractivity contribution is 7.22. The Balaban J connectivity index is 2.12. The molecule has 1 atom stereocenters. The molecule has 0 fully saturated rings. The molecule has 0 bridgehead atoms. The lowest BCUT2D eigenvalue weighted by molar-refractivity contribution is -0.139. The molecule has 0 aromatic carbocycles. The van der Waals surface area contributed by atoms with Crippen molar-refractivity contribution in [2.75, 3.05) is 0 Å². The van der Waals surface area contributed by atoms with Crippen LogP contribution in [0.4, 0.5) is 13.2 Å². The second-order valence-corrected chi connectivity index (χ2v) is 6.76. The zero-order valence-corrected chi connectivity index (χ0v) is 13.7. The minimum Gasteiger partial charge on any atom is -0.348 e. The lowest BCUT2D eigenvalue weighted by atomic mass is 10.1. The van der Waals surface area contributed by atoms with E-state index in [-0.39, 0.29) is 6.42 Å². The molecule has 3 nitrogen and oxygen atoms in total. The first kappa shape index (κ1) is 17.0. The van der Waals surface area contributed by atoms with Crippen LogP contribution in [-0.2, 0) is 0 Å². The van der Waals surface area contributed by atoms with Gasteiger partial charge in [-0.25, -0.2) is 4.98 Å². The van der Waals surface area contributed by atoms with Crippen LogP contribution in [0.15, 0.2) is 17.5 Å². The van der Waals surface area contributed by atoms with Crippen molar-refractivity contribution < 1.29 is 18.0 Å². The van der Waals surface area contributed by atoms with Crippen LogP contribution < -0.4 is 5.32 Å². The first-order chi connectivity index (χ1) is 10.3. The zero-order valence-electron chi connectivity index (χ0n) is 12.0. The highest BCUT2D eigenvalue weighted by Crippen LogP contribution is 2.31. The first-order valence-electron chi connectivity index (χ1n) is 6.69. The van der Waals surface area contributed by atoms with Gasteiger partial charge in [0.1, 0.15) is 9.88 Å². The Bertz CT molecular complexity index is 635. The van der Waals surface area contributed by atoms with Crippen LogP contribution in [0.5, 0.6) is 0 Å². The summed E-state index contributed by atoms with van der Waals surface area (Å²) in [7, 11) is 0. The second-order valence-electron chi connectivity index (χ2n) is 4.81. The molecule has 22 heavy (non-hydrogen) atoms. The third kappa shape index (κ3) is 4.30. The number of hydrogen-bond donors (Lipinski definition) is 1. The van der Waals surface area contributed by atoms with Crippen LogP contribution in [0.3, 0.4) is 0 Å². The van der Waals surface area contributed by atoms with Crippen molar-refractivity contribution in [3.8, 4) is 9.88 Å². The summed E-state index contributed by atoms with van der Waals surface area (Å²) < 4.78 is 37.4. The fraction of sp³-hybridized carbons (Fsp3) is 0.429. The van der Waals surface area contributed by atoms with Crippen LogP contribution in [0.2, 0.25) is 0 Å². The number of carbonyl (C=O) groups excluding carboxylic acids is 1. The summed E-state index contributed by atoms with van der Waals surface area (Å²) in [5.41, 5.74) is 0.535. The third-order valence-corrected chi connectivity index (χ3v) is 5.24. The lowest BCUT2D eigenvalue weighted by Gasteiger charge is -2.18.